The van der Waals surface area contributed by atoms with Crippen molar-refractivity contribution in [3.8, 4) is 0 Å². The van der Waals surface area contributed by atoms with Crippen LogP contribution < -0.4 is 4.72 Å². The third-order valence-corrected chi connectivity index (χ3v) is 5.83. The van der Waals surface area contributed by atoms with Crippen molar-refractivity contribution in [3.05, 3.63) is 71.6 Å². The lowest BCUT2D eigenvalue weighted by atomic mass is 10.2. The topological polar surface area (TPSA) is 114 Å². The van der Waals surface area contributed by atoms with E-state index in [0.29, 0.717) is 17.8 Å². The number of imidazole rings is 1. The van der Waals surface area contributed by atoms with Crippen molar-refractivity contribution in [2.75, 3.05) is 6.54 Å². The molecule has 0 bridgehead atoms. The van der Waals surface area contributed by atoms with Gasteiger partial charge in [-0.2, -0.15) is 18.2 Å². The Balaban J connectivity index is 1.41. The fraction of sp³-hybridized carbons (Fsp3) is 0.150. The summed E-state index contributed by atoms with van der Waals surface area (Å²) in [5.74, 6) is -1.08. The van der Waals surface area contributed by atoms with Crippen LogP contribution >= 0.6 is 0 Å². The molecule has 0 spiro atoms. The largest absolute Gasteiger partial charge is 0.471 e. The van der Waals surface area contributed by atoms with Crippen molar-refractivity contribution in [2.24, 2.45) is 0 Å². The molecule has 2 aromatic carbocycles. The molecule has 166 valence electrons. The van der Waals surface area contributed by atoms with Crippen molar-refractivity contribution in [3.63, 3.8) is 0 Å². The van der Waals surface area contributed by atoms with Gasteiger partial charge in [0.1, 0.15) is 5.82 Å². The van der Waals surface area contributed by atoms with Gasteiger partial charge in [0.05, 0.1) is 15.9 Å². The van der Waals surface area contributed by atoms with Crippen LogP contribution in [0, 0.1) is 0 Å². The first-order valence-corrected chi connectivity index (χ1v) is 10.8. The summed E-state index contributed by atoms with van der Waals surface area (Å²) in [6.07, 6.45) is -1.79. The first kappa shape index (κ1) is 21.7. The number of hydrogen-bond donors (Lipinski definition) is 2. The predicted molar refractivity (Wildman–Crippen MR) is 110 cm³/mol. The molecule has 0 radical (unpaired) electrons. The minimum atomic E-state index is -4.73. The van der Waals surface area contributed by atoms with Gasteiger partial charge in [0.15, 0.2) is 5.82 Å². The standard InChI is InChI=1S/C20H16F3N5O3S/c21-20(22,23)19-27-18(28-31-19)9-8-13-4-3-5-14(12-13)32(29,30)24-11-10-17-25-15-6-1-2-7-16(15)26-17/h1-9,12,24H,10-11H2,(H,25,26)/b9-8+. The summed E-state index contributed by atoms with van der Waals surface area (Å²) in [4.78, 5) is 10.8. The number of para-hydroxylation sites is 2. The molecule has 0 saturated carbocycles. The lowest BCUT2D eigenvalue weighted by molar-refractivity contribution is -0.159. The van der Waals surface area contributed by atoms with E-state index in [4.69, 9.17) is 0 Å². The zero-order valence-electron chi connectivity index (χ0n) is 16.3. The Morgan fingerprint density at radius 2 is 1.88 bits per heavy atom. The van der Waals surface area contributed by atoms with Crippen molar-refractivity contribution < 1.29 is 26.1 Å². The van der Waals surface area contributed by atoms with Gasteiger partial charge in [-0.3, -0.25) is 0 Å². The normalized spacial score (nSPS) is 12.7. The molecule has 0 amide bonds. The monoisotopic (exact) mass is 463 g/mol. The Morgan fingerprint density at radius 1 is 1.06 bits per heavy atom. The molecule has 0 aliphatic heterocycles. The highest BCUT2D eigenvalue weighted by molar-refractivity contribution is 7.89. The van der Waals surface area contributed by atoms with Crippen LogP contribution in [0.4, 0.5) is 13.2 Å². The quantitative estimate of drug-likeness (QED) is 0.433. The minimum Gasteiger partial charge on any atom is -0.342 e. The summed E-state index contributed by atoms with van der Waals surface area (Å²) in [6.45, 7) is 0.130. The minimum absolute atomic E-state index is 0.00773. The number of alkyl halides is 3. The number of fused-ring (bicyclic) bond motifs is 1. The Bertz CT molecular complexity index is 1340. The van der Waals surface area contributed by atoms with Crippen LogP contribution in [0.5, 0.6) is 0 Å². The number of rotatable bonds is 7. The summed E-state index contributed by atoms with van der Waals surface area (Å²) < 4.78 is 69.4. The summed E-state index contributed by atoms with van der Waals surface area (Å²) >= 11 is 0. The van der Waals surface area contributed by atoms with E-state index in [1.54, 1.807) is 6.07 Å². The molecular weight excluding hydrogens is 447 g/mol. The van der Waals surface area contributed by atoms with Crippen molar-refractivity contribution in [1.29, 1.82) is 0 Å². The Labute approximate surface area is 180 Å². The van der Waals surface area contributed by atoms with E-state index in [0.717, 1.165) is 11.0 Å². The second-order valence-electron chi connectivity index (χ2n) is 6.71. The van der Waals surface area contributed by atoms with Crippen LogP contribution in [0.25, 0.3) is 23.2 Å². The Morgan fingerprint density at radius 3 is 2.62 bits per heavy atom. The number of aromatic nitrogens is 4. The van der Waals surface area contributed by atoms with Gasteiger partial charge >= 0.3 is 12.1 Å². The van der Waals surface area contributed by atoms with E-state index in [-0.39, 0.29) is 17.3 Å². The van der Waals surface area contributed by atoms with Crippen LogP contribution in [0.1, 0.15) is 23.1 Å². The van der Waals surface area contributed by atoms with Crippen LogP contribution in [-0.2, 0) is 22.6 Å². The summed E-state index contributed by atoms with van der Waals surface area (Å²) in [5, 5.41) is 3.22. The number of halogens is 3. The van der Waals surface area contributed by atoms with Crippen LogP contribution in [0.2, 0.25) is 0 Å². The third-order valence-electron chi connectivity index (χ3n) is 4.37. The van der Waals surface area contributed by atoms with Gasteiger partial charge in [0.2, 0.25) is 10.0 Å². The van der Waals surface area contributed by atoms with Gasteiger partial charge in [0, 0.05) is 13.0 Å². The lowest BCUT2D eigenvalue weighted by Crippen LogP contribution is -2.26. The van der Waals surface area contributed by atoms with Gasteiger partial charge in [0.25, 0.3) is 0 Å². The van der Waals surface area contributed by atoms with E-state index in [2.05, 4.69) is 29.4 Å². The summed E-state index contributed by atoms with van der Waals surface area (Å²) in [7, 11) is -3.81. The first-order valence-electron chi connectivity index (χ1n) is 9.33. The van der Waals surface area contributed by atoms with Crippen molar-refractivity contribution >= 4 is 33.2 Å². The maximum Gasteiger partial charge on any atom is 0.471 e. The lowest BCUT2D eigenvalue weighted by Gasteiger charge is -2.06. The fourth-order valence-electron chi connectivity index (χ4n) is 2.89. The SMILES string of the molecule is O=S(=O)(NCCc1nc2ccccc2[nH]1)c1cccc(/C=C/c2noc(C(F)(F)F)n2)c1. The maximum absolute atomic E-state index is 12.6. The molecule has 8 nitrogen and oxygen atoms in total. The zero-order valence-corrected chi connectivity index (χ0v) is 17.1. The van der Waals surface area contributed by atoms with E-state index >= 15 is 0 Å². The van der Waals surface area contributed by atoms with E-state index in [1.807, 2.05) is 24.3 Å². The average Bonchev–Trinajstić information content (AvgIpc) is 3.39. The van der Waals surface area contributed by atoms with Gasteiger partial charge in [-0.25, -0.2) is 18.1 Å². The highest BCUT2D eigenvalue weighted by atomic mass is 32.2. The highest BCUT2D eigenvalue weighted by Gasteiger charge is 2.38. The molecule has 4 rings (SSSR count). The van der Waals surface area contributed by atoms with Gasteiger partial charge in [-0.15, -0.1) is 0 Å². The summed E-state index contributed by atoms with van der Waals surface area (Å²) in [6, 6.07) is 13.4. The van der Waals surface area contributed by atoms with E-state index < -0.39 is 22.1 Å². The molecule has 0 aliphatic carbocycles. The molecule has 2 heterocycles. The number of aromatic amines is 1. The molecule has 0 aliphatic rings. The number of sulfonamides is 1. The van der Waals surface area contributed by atoms with Crippen LogP contribution in [0.15, 0.2) is 57.9 Å². The molecule has 0 unspecified atom stereocenters. The molecule has 0 fully saturated rings. The number of benzene rings is 2. The van der Waals surface area contributed by atoms with E-state index in [1.165, 1.54) is 30.4 Å². The summed E-state index contributed by atoms with van der Waals surface area (Å²) in [5.41, 5.74) is 2.10. The van der Waals surface area contributed by atoms with Crippen LogP contribution in [-0.4, -0.2) is 35.1 Å². The van der Waals surface area contributed by atoms with Gasteiger partial charge < -0.3 is 9.51 Å². The molecule has 2 aromatic heterocycles. The molecule has 2 N–H and O–H groups in total. The van der Waals surface area contributed by atoms with Gasteiger partial charge in [-0.1, -0.05) is 35.5 Å². The third kappa shape index (κ3) is 5.03. The Hall–Kier alpha value is -3.51. The first-order chi connectivity index (χ1) is 15.2. The number of nitrogens with zero attached hydrogens (tertiary/aromatic N) is 3. The Kier molecular flexibility index (Phi) is 5.80. The zero-order chi connectivity index (χ0) is 22.8. The van der Waals surface area contributed by atoms with Gasteiger partial charge in [-0.05, 0) is 35.9 Å². The number of nitrogens with one attached hydrogen (secondary N) is 2. The number of H-pyrrole nitrogens is 1. The van der Waals surface area contributed by atoms with E-state index in [9.17, 15) is 21.6 Å². The molecule has 0 saturated heterocycles. The molecular formula is C20H16F3N5O3S. The fourth-order valence-corrected chi connectivity index (χ4v) is 3.97. The second kappa shape index (κ2) is 8.55. The number of hydrogen-bond acceptors (Lipinski definition) is 6. The second-order valence-corrected chi connectivity index (χ2v) is 8.48. The maximum atomic E-state index is 12.6. The smallest absolute Gasteiger partial charge is 0.342 e. The highest BCUT2D eigenvalue weighted by Crippen LogP contribution is 2.27. The molecule has 32 heavy (non-hydrogen) atoms. The van der Waals surface area contributed by atoms with Crippen molar-refractivity contribution in [2.45, 2.75) is 17.5 Å². The van der Waals surface area contributed by atoms with Crippen LogP contribution in [0.3, 0.4) is 0 Å². The predicted octanol–water partition coefficient (Wildman–Crippen LogP) is 3.66. The molecule has 4 aromatic rings. The molecule has 0 atom stereocenters. The average molecular weight is 463 g/mol. The van der Waals surface area contributed by atoms with Crippen molar-refractivity contribution in [1.82, 2.24) is 24.8 Å². The molecule has 12 heteroatoms.